The molecule has 0 spiro atoms. The Morgan fingerprint density at radius 3 is 2.84 bits per heavy atom. The molecule has 130 valence electrons. The Balaban J connectivity index is 1.78. The fourth-order valence-electron chi connectivity index (χ4n) is 2.51. The molecular formula is C17H16N2O5S. The van der Waals surface area contributed by atoms with Crippen LogP contribution in [0.1, 0.15) is 16.6 Å². The fourth-order valence-corrected chi connectivity index (χ4v) is 3.28. The van der Waals surface area contributed by atoms with Crippen LogP contribution in [0, 0.1) is 0 Å². The van der Waals surface area contributed by atoms with Crippen molar-refractivity contribution < 1.29 is 23.9 Å². The first-order valence-electron chi connectivity index (χ1n) is 7.54. The third kappa shape index (κ3) is 3.34. The van der Waals surface area contributed by atoms with Crippen LogP contribution in [0.2, 0.25) is 0 Å². The molecule has 1 atom stereocenters. The number of fused-ring (bicyclic) bond motifs is 1. The highest BCUT2D eigenvalue weighted by Gasteiger charge is 2.32. The van der Waals surface area contributed by atoms with E-state index in [9.17, 15) is 14.4 Å². The molecule has 1 unspecified atom stereocenters. The Hall–Kier alpha value is -2.87. The zero-order valence-electron chi connectivity index (χ0n) is 13.6. The number of benzene rings is 1. The van der Waals surface area contributed by atoms with E-state index in [1.54, 1.807) is 42.6 Å². The number of ether oxygens (including phenoxy) is 2. The molecule has 1 aliphatic rings. The van der Waals surface area contributed by atoms with E-state index in [0.29, 0.717) is 22.0 Å². The van der Waals surface area contributed by atoms with Crippen LogP contribution in [-0.4, -0.2) is 37.5 Å². The van der Waals surface area contributed by atoms with Gasteiger partial charge in [-0.1, -0.05) is 12.1 Å². The minimum absolute atomic E-state index is 0.181. The lowest BCUT2D eigenvalue weighted by Gasteiger charge is -2.32. The van der Waals surface area contributed by atoms with Gasteiger partial charge < -0.3 is 14.8 Å². The average molecular weight is 360 g/mol. The SMILES string of the molecule is COC(=O)c1sccc1NC(=O)CN1C(=O)C(C)Oc2ccccc21. The molecule has 0 saturated carbocycles. The van der Waals surface area contributed by atoms with Gasteiger partial charge in [0, 0.05) is 0 Å². The topological polar surface area (TPSA) is 84.9 Å². The number of rotatable bonds is 4. The second-order valence-electron chi connectivity index (χ2n) is 5.36. The molecule has 1 N–H and O–H groups in total. The van der Waals surface area contributed by atoms with Crippen molar-refractivity contribution in [3.63, 3.8) is 0 Å². The summed E-state index contributed by atoms with van der Waals surface area (Å²) in [5.41, 5.74) is 0.906. The maximum atomic E-state index is 12.4. The molecule has 2 heterocycles. The van der Waals surface area contributed by atoms with Gasteiger partial charge in [0.15, 0.2) is 6.10 Å². The number of nitrogens with zero attached hydrogens (tertiary/aromatic N) is 1. The van der Waals surface area contributed by atoms with Gasteiger partial charge in [-0.2, -0.15) is 0 Å². The van der Waals surface area contributed by atoms with E-state index in [1.165, 1.54) is 23.3 Å². The predicted molar refractivity (Wildman–Crippen MR) is 93.2 cm³/mol. The summed E-state index contributed by atoms with van der Waals surface area (Å²) in [5, 5.41) is 4.33. The summed E-state index contributed by atoms with van der Waals surface area (Å²) in [5.74, 6) is -0.687. The monoisotopic (exact) mass is 360 g/mol. The highest BCUT2D eigenvalue weighted by atomic mass is 32.1. The van der Waals surface area contributed by atoms with E-state index < -0.39 is 18.0 Å². The number of hydrogen-bond acceptors (Lipinski definition) is 6. The summed E-state index contributed by atoms with van der Waals surface area (Å²) in [7, 11) is 1.28. The molecule has 0 aliphatic carbocycles. The maximum Gasteiger partial charge on any atom is 0.350 e. The molecule has 0 fully saturated rings. The number of esters is 1. The van der Waals surface area contributed by atoms with Crippen LogP contribution in [0.4, 0.5) is 11.4 Å². The van der Waals surface area contributed by atoms with Gasteiger partial charge in [0.2, 0.25) is 5.91 Å². The lowest BCUT2D eigenvalue weighted by molar-refractivity contribution is -0.127. The molecule has 0 bridgehead atoms. The zero-order chi connectivity index (χ0) is 18.0. The number of carbonyl (C=O) groups is 3. The van der Waals surface area contributed by atoms with Gasteiger partial charge >= 0.3 is 5.97 Å². The number of methoxy groups -OCH3 is 1. The van der Waals surface area contributed by atoms with Gasteiger partial charge in [0.1, 0.15) is 17.2 Å². The van der Waals surface area contributed by atoms with E-state index in [4.69, 9.17) is 4.74 Å². The number of thiophene rings is 1. The predicted octanol–water partition coefficient (Wildman–Crippen LogP) is 2.29. The standard InChI is InChI=1S/C17H16N2O5S/c1-10-16(21)19(12-5-3-4-6-13(12)24-10)9-14(20)18-11-7-8-25-15(11)17(22)23-2/h3-8,10H,9H2,1-2H3,(H,18,20). The van der Waals surface area contributed by atoms with Crippen molar-refractivity contribution >= 4 is 40.5 Å². The van der Waals surface area contributed by atoms with Crippen molar-refractivity contribution in [2.24, 2.45) is 0 Å². The number of para-hydroxylation sites is 2. The molecule has 2 amide bonds. The molecule has 7 nitrogen and oxygen atoms in total. The molecule has 25 heavy (non-hydrogen) atoms. The van der Waals surface area contributed by atoms with Crippen LogP contribution >= 0.6 is 11.3 Å². The molecule has 1 aromatic carbocycles. The number of nitrogens with one attached hydrogen (secondary N) is 1. The first-order valence-corrected chi connectivity index (χ1v) is 8.42. The second kappa shape index (κ2) is 6.94. The lowest BCUT2D eigenvalue weighted by atomic mass is 10.2. The van der Waals surface area contributed by atoms with Crippen LogP contribution in [0.25, 0.3) is 0 Å². The van der Waals surface area contributed by atoms with Gasteiger partial charge in [-0.3, -0.25) is 14.5 Å². The Morgan fingerprint density at radius 1 is 1.32 bits per heavy atom. The lowest BCUT2D eigenvalue weighted by Crippen LogP contribution is -2.47. The Bertz CT molecular complexity index is 832. The largest absolute Gasteiger partial charge is 0.479 e. The Labute approximate surface area is 148 Å². The van der Waals surface area contributed by atoms with Crippen molar-refractivity contribution in [2.75, 3.05) is 23.9 Å². The van der Waals surface area contributed by atoms with Crippen LogP contribution in [0.5, 0.6) is 5.75 Å². The number of hydrogen-bond donors (Lipinski definition) is 1. The third-order valence-corrected chi connectivity index (χ3v) is 4.58. The first kappa shape index (κ1) is 17.0. The smallest absolute Gasteiger partial charge is 0.350 e. The van der Waals surface area contributed by atoms with Crippen molar-refractivity contribution in [2.45, 2.75) is 13.0 Å². The van der Waals surface area contributed by atoms with Crippen LogP contribution < -0.4 is 15.0 Å². The van der Waals surface area contributed by atoms with Gasteiger partial charge in [-0.15, -0.1) is 11.3 Å². The van der Waals surface area contributed by atoms with Gasteiger partial charge in [0.05, 0.1) is 18.5 Å². The number of amides is 2. The highest BCUT2D eigenvalue weighted by Crippen LogP contribution is 2.33. The van der Waals surface area contributed by atoms with Crippen LogP contribution in [0.15, 0.2) is 35.7 Å². The summed E-state index contributed by atoms with van der Waals surface area (Å²) in [6, 6.07) is 8.65. The minimum atomic E-state index is -0.672. The number of anilines is 2. The molecule has 1 aliphatic heterocycles. The fraction of sp³-hybridized carbons (Fsp3) is 0.235. The van der Waals surface area contributed by atoms with E-state index >= 15 is 0 Å². The van der Waals surface area contributed by atoms with E-state index in [0.717, 1.165) is 0 Å². The van der Waals surface area contributed by atoms with Gasteiger partial charge in [-0.05, 0) is 30.5 Å². The zero-order valence-corrected chi connectivity index (χ0v) is 14.5. The highest BCUT2D eigenvalue weighted by molar-refractivity contribution is 7.12. The quantitative estimate of drug-likeness (QED) is 0.846. The average Bonchev–Trinajstić information content (AvgIpc) is 3.06. The van der Waals surface area contributed by atoms with Crippen molar-refractivity contribution in [1.29, 1.82) is 0 Å². The van der Waals surface area contributed by atoms with E-state index in [-0.39, 0.29) is 12.5 Å². The molecule has 1 aromatic heterocycles. The molecule has 0 saturated heterocycles. The van der Waals surface area contributed by atoms with Crippen LogP contribution in [0.3, 0.4) is 0 Å². The van der Waals surface area contributed by atoms with Crippen molar-refractivity contribution in [1.82, 2.24) is 0 Å². The summed E-state index contributed by atoms with van der Waals surface area (Å²) in [6.45, 7) is 1.46. The molecule has 0 radical (unpaired) electrons. The van der Waals surface area contributed by atoms with Crippen molar-refractivity contribution in [3.8, 4) is 5.75 Å². The van der Waals surface area contributed by atoms with E-state index in [2.05, 4.69) is 10.1 Å². The molecule has 2 aromatic rings. The number of carbonyl (C=O) groups excluding carboxylic acids is 3. The van der Waals surface area contributed by atoms with Crippen molar-refractivity contribution in [3.05, 3.63) is 40.6 Å². The van der Waals surface area contributed by atoms with Gasteiger partial charge in [0.25, 0.3) is 5.91 Å². The summed E-state index contributed by atoms with van der Waals surface area (Å²) < 4.78 is 10.2. The Kier molecular flexibility index (Phi) is 4.71. The summed E-state index contributed by atoms with van der Waals surface area (Å²) in [6.07, 6.45) is -0.672. The maximum absolute atomic E-state index is 12.4. The first-order chi connectivity index (χ1) is 12.0. The second-order valence-corrected chi connectivity index (χ2v) is 6.27. The summed E-state index contributed by atoms with van der Waals surface area (Å²) >= 11 is 1.17. The normalized spacial score (nSPS) is 16.0. The summed E-state index contributed by atoms with van der Waals surface area (Å²) in [4.78, 5) is 38.2. The molecular weight excluding hydrogens is 344 g/mol. The Morgan fingerprint density at radius 2 is 2.08 bits per heavy atom. The van der Waals surface area contributed by atoms with Crippen LogP contribution in [-0.2, 0) is 14.3 Å². The van der Waals surface area contributed by atoms with Gasteiger partial charge in [-0.25, -0.2) is 4.79 Å². The third-order valence-electron chi connectivity index (χ3n) is 3.69. The molecule has 8 heteroatoms. The van der Waals surface area contributed by atoms with E-state index in [1.807, 2.05) is 0 Å². The molecule has 3 rings (SSSR count). The minimum Gasteiger partial charge on any atom is -0.479 e.